The van der Waals surface area contributed by atoms with Gasteiger partial charge in [-0.15, -0.1) is 0 Å². The molecule has 0 bridgehead atoms. The normalized spacial score (nSPS) is 24.5. The standard InChI is InChI=1S/C16H20N4O2/c1-20-13-4-2-3-6-16(13,7-5-14(20)21)11-19-15(22)12-10-17-8-9-18-12/h4,8-10H,2-3,5-7,11H2,1H3,(H,19,22). The summed E-state index contributed by atoms with van der Waals surface area (Å²) >= 11 is 0. The van der Waals surface area contributed by atoms with Gasteiger partial charge in [0.2, 0.25) is 5.91 Å². The molecule has 1 aliphatic heterocycles. The van der Waals surface area contributed by atoms with Crippen LogP contribution in [-0.4, -0.2) is 40.3 Å². The van der Waals surface area contributed by atoms with E-state index in [0.29, 0.717) is 18.7 Å². The highest BCUT2D eigenvalue weighted by atomic mass is 16.2. The van der Waals surface area contributed by atoms with Gasteiger partial charge in [-0.3, -0.25) is 14.6 Å². The predicted octanol–water partition coefficient (Wildman–Crippen LogP) is 1.51. The maximum Gasteiger partial charge on any atom is 0.271 e. The van der Waals surface area contributed by atoms with E-state index in [1.165, 1.54) is 12.4 Å². The number of carbonyl (C=O) groups excluding carboxylic acids is 2. The summed E-state index contributed by atoms with van der Waals surface area (Å²) in [6, 6.07) is 0. The smallest absolute Gasteiger partial charge is 0.271 e. The third kappa shape index (κ3) is 2.61. The number of carbonyl (C=O) groups is 2. The molecule has 0 saturated carbocycles. The van der Waals surface area contributed by atoms with Crippen LogP contribution in [0, 0.1) is 5.41 Å². The van der Waals surface area contributed by atoms with Gasteiger partial charge in [-0.2, -0.15) is 0 Å². The topological polar surface area (TPSA) is 75.2 Å². The van der Waals surface area contributed by atoms with Gasteiger partial charge in [-0.1, -0.05) is 6.08 Å². The summed E-state index contributed by atoms with van der Waals surface area (Å²) in [5, 5.41) is 2.97. The number of allylic oxidation sites excluding steroid dienone is 1. The lowest BCUT2D eigenvalue weighted by molar-refractivity contribution is -0.132. The van der Waals surface area contributed by atoms with E-state index in [9.17, 15) is 9.59 Å². The van der Waals surface area contributed by atoms with Gasteiger partial charge < -0.3 is 10.2 Å². The Hall–Kier alpha value is -2.24. The fourth-order valence-electron chi connectivity index (χ4n) is 3.44. The molecule has 3 rings (SSSR count). The molecule has 2 amide bonds. The molecule has 2 heterocycles. The average molecular weight is 300 g/mol. The van der Waals surface area contributed by atoms with Crippen LogP contribution in [0.1, 0.15) is 42.6 Å². The first kappa shape index (κ1) is 14.7. The predicted molar refractivity (Wildman–Crippen MR) is 80.7 cm³/mol. The van der Waals surface area contributed by atoms with Crippen molar-refractivity contribution in [2.24, 2.45) is 5.41 Å². The molecule has 1 aromatic heterocycles. The molecule has 1 atom stereocenters. The molecule has 6 heteroatoms. The molecular weight excluding hydrogens is 280 g/mol. The third-order valence-electron chi connectivity index (χ3n) is 4.68. The zero-order valence-corrected chi connectivity index (χ0v) is 12.7. The third-order valence-corrected chi connectivity index (χ3v) is 4.68. The van der Waals surface area contributed by atoms with E-state index in [4.69, 9.17) is 0 Å². The maximum absolute atomic E-state index is 12.2. The van der Waals surface area contributed by atoms with E-state index < -0.39 is 0 Å². The number of piperidine rings is 1. The number of likely N-dealkylation sites (tertiary alicyclic amines) is 1. The summed E-state index contributed by atoms with van der Waals surface area (Å²) in [5.41, 5.74) is 1.26. The molecule has 1 aliphatic carbocycles. The highest BCUT2D eigenvalue weighted by molar-refractivity contribution is 5.92. The highest BCUT2D eigenvalue weighted by Gasteiger charge is 2.43. The van der Waals surface area contributed by atoms with Crippen LogP contribution in [0.4, 0.5) is 0 Å². The van der Waals surface area contributed by atoms with Gasteiger partial charge in [-0.05, 0) is 25.7 Å². The molecule has 1 unspecified atom stereocenters. The minimum atomic E-state index is -0.216. The van der Waals surface area contributed by atoms with E-state index >= 15 is 0 Å². The summed E-state index contributed by atoms with van der Waals surface area (Å²) < 4.78 is 0. The van der Waals surface area contributed by atoms with Crippen molar-refractivity contribution >= 4 is 11.8 Å². The van der Waals surface area contributed by atoms with Crippen molar-refractivity contribution in [2.75, 3.05) is 13.6 Å². The number of aromatic nitrogens is 2. The Morgan fingerprint density at radius 3 is 3.05 bits per heavy atom. The summed E-state index contributed by atoms with van der Waals surface area (Å²) in [7, 11) is 1.83. The van der Waals surface area contributed by atoms with Gasteiger partial charge in [0.15, 0.2) is 0 Å². The fraction of sp³-hybridized carbons (Fsp3) is 0.500. The minimum absolute atomic E-state index is 0.126. The summed E-state index contributed by atoms with van der Waals surface area (Å²) in [6.45, 7) is 0.534. The SMILES string of the molecule is CN1C(=O)CCC2(CNC(=O)c3cnccn3)CCCC=C12. The van der Waals surface area contributed by atoms with Crippen molar-refractivity contribution in [2.45, 2.75) is 32.1 Å². The van der Waals surface area contributed by atoms with Crippen LogP contribution in [-0.2, 0) is 4.79 Å². The van der Waals surface area contributed by atoms with E-state index in [2.05, 4.69) is 21.4 Å². The number of amides is 2. The van der Waals surface area contributed by atoms with Crippen LogP contribution in [0.2, 0.25) is 0 Å². The molecule has 1 saturated heterocycles. The van der Waals surface area contributed by atoms with Crippen LogP contribution < -0.4 is 5.32 Å². The Morgan fingerprint density at radius 2 is 2.27 bits per heavy atom. The van der Waals surface area contributed by atoms with E-state index in [1.54, 1.807) is 11.1 Å². The zero-order chi connectivity index (χ0) is 15.6. The van der Waals surface area contributed by atoms with Gasteiger partial charge in [-0.25, -0.2) is 4.98 Å². The maximum atomic E-state index is 12.2. The van der Waals surface area contributed by atoms with E-state index in [1.807, 2.05) is 7.05 Å². The Labute approximate surface area is 129 Å². The largest absolute Gasteiger partial charge is 0.350 e. The second-order valence-corrected chi connectivity index (χ2v) is 5.99. The molecule has 1 aromatic rings. The molecule has 0 spiro atoms. The van der Waals surface area contributed by atoms with Gasteiger partial charge >= 0.3 is 0 Å². The van der Waals surface area contributed by atoms with Gasteiger partial charge in [0.25, 0.3) is 5.91 Å². The Balaban J connectivity index is 1.75. The quantitative estimate of drug-likeness (QED) is 0.918. The Kier molecular flexibility index (Phi) is 3.92. The first-order valence-corrected chi connectivity index (χ1v) is 7.64. The first-order chi connectivity index (χ1) is 10.6. The van der Waals surface area contributed by atoms with E-state index in [0.717, 1.165) is 31.4 Å². The number of hydrogen-bond acceptors (Lipinski definition) is 4. The molecule has 2 aliphatic rings. The van der Waals surface area contributed by atoms with Crippen LogP contribution in [0.3, 0.4) is 0 Å². The molecule has 1 N–H and O–H groups in total. The lowest BCUT2D eigenvalue weighted by atomic mass is 9.70. The first-order valence-electron chi connectivity index (χ1n) is 7.64. The molecule has 1 fully saturated rings. The number of nitrogens with zero attached hydrogens (tertiary/aromatic N) is 3. The number of fused-ring (bicyclic) bond motifs is 1. The average Bonchev–Trinajstić information content (AvgIpc) is 2.57. The Morgan fingerprint density at radius 1 is 1.41 bits per heavy atom. The second-order valence-electron chi connectivity index (χ2n) is 5.99. The van der Waals surface area contributed by atoms with E-state index in [-0.39, 0.29) is 17.2 Å². The molecular formula is C16H20N4O2. The summed E-state index contributed by atoms with van der Waals surface area (Å²) in [5.74, 6) is -0.0593. The van der Waals surface area contributed by atoms with Crippen molar-refractivity contribution in [3.63, 3.8) is 0 Å². The number of hydrogen-bond donors (Lipinski definition) is 1. The van der Waals surface area contributed by atoms with Crippen LogP contribution in [0.25, 0.3) is 0 Å². The van der Waals surface area contributed by atoms with Gasteiger partial charge in [0.1, 0.15) is 5.69 Å². The highest BCUT2D eigenvalue weighted by Crippen LogP contribution is 2.45. The molecule has 116 valence electrons. The summed E-state index contributed by atoms with van der Waals surface area (Å²) in [4.78, 5) is 33.8. The molecule has 0 radical (unpaired) electrons. The van der Waals surface area contributed by atoms with Crippen molar-refractivity contribution < 1.29 is 9.59 Å². The minimum Gasteiger partial charge on any atom is -0.350 e. The lowest BCUT2D eigenvalue weighted by Gasteiger charge is -2.46. The second kappa shape index (κ2) is 5.87. The lowest BCUT2D eigenvalue weighted by Crippen LogP contribution is -2.49. The number of rotatable bonds is 3. The molecule has 0 aromatic carbocycles. The van der Waals surface area contributed by atoms with Gasteiger partial charge in [0, 0.05) is 43.5 Å². The fourth-order valence-corrected chi connectivity index (χ4v) is 3.44. The van der Waals surface area contributed by atoms with Crippen molar-refractivity contribution in [1.29, 1.82) is 0 Å². The Bertz CT molecular complexity index is 614. The van der Waals surface area contributed by atoms with Crippen molar-refractivity contribution in [3.05, 3.63) is 36.1 Å². The molecule has 22 heavy (non-hydrogen) atoms. The summed E-state index contributed by atoms with van der Waals surface area (Å²) in [6.07, 6.45) is 11.1. The monoisotopic (exact) mass is 300 g/mol. The van der Waals surface area contributed by atoms with Crippen molar-refractivity contribution in [1.82, 2.24) is 20.2 Å². The number of nitrogens with one attached hydrogen (secondary N) is 1. The van der Waals surface area contributed by atoms with Crippen LogP contribution in [0.15, 0.2) is 30.4 Å². The zero-order valence-electron chi connectivity index (χ0n) is 12.7. The van der Waals surface area contributed by atoms with Crippen molar-refractivity contribution in [3.8, 4) is 0 Å². The molecule has 6 nitrogen and oxygen atoms in total. The van der Waals surface area contributed by atoms with Crippen LogP contribution >= 0.6 is 0 Å². The van der Waals surface area contributed by atoms with Gasteiger partial charge in [0.05, 0.1) is 6.20 Å². The van der Waals surface area contributed by atoms with Crippen LogP contribution in [0.5, 0.6) is 0 Å².